The highest BCUT2D eigenvalue weighted by Gasteiger charge is 2.09. The maximum atomic E-state index is 11.2. The van der Waals surface area contributed by atoms with Gasteiger partial charge in [-0.1, -0.05) is 0 Å². The monoisotopic (exact) mass is 219 g/mol. The fraction of sp³-hybridized carbons (Fsp3) is 0.500. The Hall–Kier alpha value is -1.12. The number of nitrogens with two attached hydrogens (primary N) is 1. The molecule has 0 saturated carbocycles. The molecule has 14 heavy (non-hydrogen) atoms. The van der Waals surface area contributed by atoms with Gasteiger partial charge in [0.1, 0.15) is 0 Å². The van der Waals surface area contributed by atoms with Crippen LogP contribution in [0.4, 0.5) is 5.82 Å². The van der Waals surface area contributed by atoms with Crippen LogP contribution in [0, 0.1) is 6.92 Å². The lowest BCUT2D eigenvalue weighted by Gasteiger charge is -2.04. The van der Waals surface area contributed by atoms with E-state index in [1.54, 1.807) is 13.0 Å². The first-order valence-electron chi connectivity index (χ1n) is 4.03. The number of nitrogens with zero attached hydrogens (tertiary/aromatic N) is 1. The van der Waals surface area contributed by atoms with Crippen LogP contribution < -0.4 is 15.2 Å². The highest BCUT2D eigenvalue weighted by atomic mass is 32.2. The van der Waals surface area contributed by atoms with E-state index in [0.717, 1.165) is 5.69 Å². The van der Waals surface area contributed by atoms with Crippen molar-refractivity contribution in [2.75, 3.05) is 17.8 Å². The fourth-order valence-corrected chi connectivity index (χ4v) is 1.68. The molecule has 1 heterocycles. The number of aromatic nitrogens is 2. The van der Waals surface area contributed by atoms with Gasteiger partial charge in [0, 0.05) is 24.8 Å². The van der Waals surface area contributed by atoms with E-state index in [0.29, 0.717) is 0 Å². The molecular formula is C6H13N5O2S. The second-order valence-electron chi connectivity index (χ2n) is 2.72. The minimum Gasteiger partial charge on any atom is -0.329 e. The molecule has 1 rings (SSSR count). The first-order chi connectivity index (χ1) is 6.53. The van der Waals surface area contributed by atoms with Gasteiger partial charge in [0.2, 0.25) is 0 Å². The van der Waals surface area contributed by atoms with Crippen molar-refractivity contribution in [1.29, 1.82) is 0 Å². The second-order valence-corrected chi connectivity index (χ2v) is 4.22. The highest BCUT2D eigenvalue weighted by molar-refractivity contribution is 7.90. The van der Waals surface area contributed by atoms with Gasteiger partial charge >= 0.3 is 0 Å². The van der Waals surface area contributed by atoms with Gasteiger partial charge in [-0.15, -0.1) is 0 Å². The third-order valence-electron chi connectivity index (χ3n) is 1.38. The largest absolute Gasteiger partial charge is 0.329 e. The van der Waals surface area contributed by atoms with Crippen molar-refractivity contribution in [2.24, 2.45) is 5.73 Å². The van der Waals surface area contributed by atoms with E-state index < -0.39 is 10.2 Å². The topological polar surface area (TPSA) is 113 Å². The summed E-state index contributed by atoms with van der Waals surface area (Å²) in [5.41, 5.74) is 5.94. The Morgan fingerprint density at radius 3 is 2.86 bits per heavy atom. The molecule has 0 radical (unpaired) electrons. The summed E-state index contributed by atoms with van der Waals surface area (Å²) in [5.74, 6) is 0.257. The minimum atomic E-state index is -3.55. The van der Waals surface area contributed by atoms with Gasteiger partial charge in [-0.25, -0.2) is 0 Å². The van der Waals surface area contributed by atoms with Gasteiger partial charge in [-0.3, -0.25) is 9.82 Å². The zero-order valence-electron chi connectivity index (χ0n) is 7.74. The SMILES string of the molecule is Cc1cc(NS(=O)(=O)NCCN)n[nH]1. The van der Waals surface area contributed by atoms with E-state index in [1.165, 1.54) is 0 Å². The third-order valence-corrected chi connectivity index (χ3v) is 2.44. The summed E-state index contributed by atoms with van der Waals surface area (Å²) >= 11 is 0. The average molecular weight is 219 g/mol. The molecule has 0 spiro atoms. The van der Waals surface area contributed by atoms with Crippen LogP contribution in [-0.2, 0) is 10.2 Å². The van der Waals surface area contributed by atoms with Crippen molar-refractivity contribution in [3.05, 3.63) is 11.8 Å². The second kappa shape index (κ2) is 4.40. The van der Waals surface area contributed by atoms with Crippen molar-refractivity contribution >= 4 is 16.0 Å². The van der Waals surface area contributed by atoms with E-state index in [1.807, 2.05) is 0 Å². The van der Waals surface area contributed by atoms with Gasteiger partial charge in [-0.2, -0.15) is 18.2 Å². The lowest BCUT2D eigenvalue weighted by molar-refractivity contribution is 0.587. The summed E-state index contributed by atoms with van der Waals surface area (Å²) in [5, 5.41) is 6.34. The van der Waals surface area contributed by atoms with Gasteiger partial charge in [0.05, 0.1) is 0 Å². The number of hydrogen-bond donors (Lipinski definition) is 4. The number of hydrogen-bond acceptors (Lipinski definition) is 4. The lowest BCUT2D eigenvalue weighted by atomic mass is 10.5. The smallest absolute Gasteiger partial charge is 0.300 e. The summed E-state index contributed by atoms with van der Waals surface area (Å²) < 4.78 is 27.0. The van der Waals surface area contributed by atoms with Crippen LogP contribution in [0.2, 0.25) is 0 Å². The fourth-order valence-electron chi connectivity index (χ4n) is 0.837. The molecule has 0 fully saturated rings. The summed E-state index contributed by atoms with van der Waals surface area (Å²) in [6.45, 7) is 2.22. The average Bonchev–Trinajstić information content (AvgIpc) is 2.47. The number of H-pyrrole nitrogens is 1. The Morgan fingerprint density at radius 2 is 2.36 bits per heavy atom. The van der Waals surface area contributed by atoms with Crippen LogP contribution in [0.3, 0.4) is 0 Å². The zero-order valence-corrected chi connectivity index (χ0v) is 8.56. The summed E-state index contributed by atoms with van der Waals surface area (Å²) in [4.78, 5) is 0. The Morgan fingerprint density at radius 1 is 1.64 bits per heavy atom. The van der Waals surface area contributed by atoms with Crippen molar-refractivity contribution in [2.45, 2.75) is 6.92 Å². The maximum Gasteiger partial charge on any atom is 0.300 e. The summed E-state index contributed by atoms with van der Waals surface area (Å²) in [7, 11) is -3.55. The lowest BCUT2D eigenvalue weighted by Crippen LogP contribution is -2.34. The Balaban J connectivity index is 2.59. The molecule has 0 unspecified atom stereocenters. The number of aryl methyl sites for hydroxylation is 1. The van der Waals surface area contributed by atoms with E-state index in [2.05, 4.69) is 19.6 Å². The maximum absolute atomic E-state index is 11.2. The number of aromatic amines is 1. The van der Waals surface area contributed by atoms with Gasteiger partial charge in [0.15, 0.2) is 5.82 Å². The van der Waals surface area contributed by atoms with E-state index >= 15 is 0 Å². The predicted octanol–water partition coefficient (Wildman–Crippen LogP) is -1.08. The molecule has 1 aromatic rings. The van der Waals surface area contributed by atoms with Gasteiger partial charge in [0.25, 0.3) is 10.2 Å². The molecule has 0 aromatic carbocycles. The van der Waals surface area contributed by atoms with Crippen molar-refractivity contribution in [3.8, 4) is 0 Å². The van der Waals surface area contributed by atoms with E-state index in [4.69, 9.17) is 5.73 Å². The van der Waals surface area contributed by atoms with Crippen LogP contribution in [0.5, 0.6) is 0 Å². The summed E-state index contributed by atoms with van der Waals surface area (Å²) in [6.07, 6.45) is 0. The standard InChI is InChI=1S/C6H13N5O2S/c1-5-4-6(10-9-5)11-14(12,13)8-3-2-7/h4,8H,2-3,7H2,1H3,(H2,9,10,11). The van der Waals surface area contributed by atoms with E-state index in [9.17, 15) is 8.42 Å². The van der Waals surface area contributed by atoms with Crippen molar-refractivity contribution in [3.63, 3.8) is 0 Å². The number of anilines is 1. The molecule has 8 heteroatoms. The normalized spacial score (nSPS) is 11.6. The third kappa shape index (κ3) is 3.32. The summed E-state index contributed by atoms with van der Waals surface area (Å²) in [6, 6.07) is 1.58. The van der Waals surface area contributed by atoms with Crippen LogP contribution in [-0.4, -0.2) is 31.7 Å². The number of nitrogens with one attached hydrogen (secondary N) is 3. The molecule has 5 N–H and O–H groups in total. The molecule has 0 saturated heterocycles. The van der Waals surface area contributed by atoms with Crippen molar-refractivity contribution in [1.82, 2.24) is 14.9 Å². The quantitative estimate of drug-likeness (QED) is 0.504. The zero-order chi connectivity index (χ0) is 10.6. The molecule has 0 atom stereocenters. The molecule has 0 aliphatic rings. The Bertz CT molecular complexity index is 385. The molecule has 0 amide bonds. The molecular weight excluding hydrogens is 206 g/mol. The van der Waals surface area contributed by atoms with Gasteiger partial charge in [-0.05, 0) is 6.92 Å². The molecule has 80 valence electrons. The molecule has 0 aliphatic heterocycles. The van der Waals surface area contributed by atoms with Crippen LogP contribution in [0.1, 0.15) is 5.69 Å². The molecule has 0 bridgehead atoms. The number of rotatable bonds is 5. The Labute approximate surface area is 82.3 Å². The van der Waals surface area contributed by atoms with E-state index in [-0.39, 0.29) is 18.9 Å². The molecule has 1 aromatic heterocycles. The van der Waals surface area contributed by atoms with Gasteiger partial charge < -0.3 is 5.73 Å². The first-order valence-corrected chi connectivity index (χ1v) is 5.51. The highest BCUT2D eigenvalue weighted by Crippen LogP contribution is 2.04. The predicted molar refractivity (Wildman–Crippen MR) is 52.9 cm³/mol. The van der Waals surface area contributed by atoms with Crippen LogP contribution in [0.15, 0.2) is 6.07 Å². The molecule has 7 nitrogen and oxygen atoms in total. The first kappa shape index (κ1) is 11.0. The molecule has 0 aliphatic carbocycles. The van der Waals surface area contributed by atoms with Crippen LogP contribution in [0.25, 0.3) is 0 Å². The van der Waals surface area contributed by atoms with Crippen LogP contribution >= 0.6 is 0 Å². The Kier molecular flexibility index (Phi) is 3.44. The van der Waals surface area contributed by atoms with Crippen molar-refractivity contribution < 1.29 is 8.42 Å². The minimum absolute atomic E-state index is 0.193.